The van der Waals surface area contributed by atoms with Crippen molar-refractivity contribution in [3.8, 4) is 0 Å². The van der Waals surface area contributed by atoms with Crippen molar-refractivity contribution in [1.82, 2.24) is 15.5 Å². The lowest BCUT2D eigenvalue weighted by Crippen LogP contribution is -2.45. The number of urea groups is 1. The fourth-order valence-electron chi connectivity index (χ4n) is 4.16. The lowest BCUT2D eigenvalue weighted by atomic mass is 9.81. The maximum atomic E-state index is 12.3. The number of hydrogen-bond acceptors (Lipinski definition) is 6. The largest absolute Gasteiger partial charge is 0.454 e. The molecule has 148 valence electrons. The first-order valence-electron chi connectivity index (χ1n) is 9.57. The van der Waals surface area contributed by atoms with Crippen molar-refractivity contribution in [2.75, 3.05) is 13.2 Å². The van der Waals surface area contributed by atoms with Crippen LogP contribution in [0.2, 0.25) is 0 Å². The molecular weight excluding hydrogens is 354 g/mol. The summed E-state index contributed by atoms with van der Waals surface area (Å²) >= 11 is 0. The molecule has 0 aromatic carbocycles. The predicted octanol–water partition coefficient (Wildman–Crippen LogP) is 0.473. The fraction of sp³-hybridized carbons (Fsp3) is 0.722. The highest BCUT2D eigenvalue weighted by atomic mass is 16.5. The summed E-state index contributed by atoms with van der Waals surface area (Å²) in [5.74, 6) is -2.93. The van der Waals surface area contributed by atoms with E-state index >= 15 is 0 Å². The Morgan fingerprint density at radius 1 is 0.926 bits per heavy atom. The summed E-state index contributed by atoms with van der Waals surface area (Å²) in [6.45, 7) is -1.13. The van der Waals surface area contributed by atoms with Crippen LogP contribution >= 0.6 is 0 Å². The molecule has 27 heavy (non-hydrogen) atoms. The van der Waals surface area contributed by atoms with Gasteiger partial charge in [-0.25, -0.2) is 4.79 Å². The minimum atomic E-state index is -0.846. The van der Waals surface area contributed by atoms with Crippen molar-refractivity contribution in [3.05, 3.63) is 0 Å². The lowest BCUT2D eigenvalue weighted by molar-refractivity contribution is -0.154. The van der Waals surface area contributed by atoms with Crippen LogP contribution < -0.4 is 10.6 Å². The SMILES string of the molecule is O=C(COC(=O)CN1C(=O)[C@H]2CCCC[C@H]2C1=O)NC(=O)NC1CCCC1. The number of fused-ring (bicyclic) bond motifs is 1. The molecule has 9 heteroatoms. The monoisotopic (exact) mass is 379 g/mol. The Balaban J connectivity index is 1.40. The van der Waals surface area contributed by atoms with Gasteiger partial charge in [-0.15, -0.1) is 0 Å². The number of carbonyl (C=O) groups excluding carboxylic acids is 5. The predicted molar refractivity (Wildman–Crippen MR) is 92.1 cm³/mol. The number of amides is 5. The van der Waals surface area contributed by atoms with Gasteiger partial charge in [0.25, 0.3) is 5.91 Å². The molecule has 1 saturated heterocycles. The van der Waals surface area contributed by atoms with E-state index in [2.05, 4.69) is 10.6 Å². The molecule has 0 aromatic heterocycles. The first-order valence-corrected chi connectivity index (χ1v) is 9.57. The molecule has 2 atom stereocenters. The third-order valence-electron chi connectivity index (χ3n) is 5.53. The number of ether oxygens (including phenoxy) is 1. The van der Waals surface area contributed by atoms with Crippen LogP contribution in [0.15, 0.2) is 0 Å². The standard InChI is InChI=1S/C18H25N3O6/c22-14(20-18(26)19-11-5-1-2-6-11)10-27-15(23)9-21-16(24)12-7-3-4-8-13(12)17(21)25/h11-13H,1-10H2,(H2,19,20,22,26)/t12-,13+. The molecule has 3 fully saturated rings. The highest BCUT2D eigenvalue weighted by molar-refractivity contribution is 6.07. The van der Waals surface area contributed by atoms with Gasteiger partial charge >= 0.3 is 12.0 Å². The Morgan fingerprint density at radius 3 is 2.07 bits per heavy atom. The fourth-order valence-corrected chi connectivity index (χ4v) is 4.16. The third-order valence-corrected chi connectivity index (χ3v) is 5.53. The Morgan fingerprint density at radius 2 is 1.48 bits per heavy atom. The molecule has 0 spiro atoms. The number of nitrogens with one attached hydrogen (secondary N) is 2. The van der Waals surface area contributed by atoms with Gasteiger partial charge in [0.1, 0.15) is 6.54 Å². The van der Waals surface area contributed by atoms with Gasteiger partial charge in [0.2, 0.25) is 11.8 Å². The quantitative estimate of drug-likeness (QED) is 0.529. The Bertz CT molecular complexity index is 619. The number of rotatable bonds is 5. The topological polar surface area (TPSA) is 122 Å². The number of hydrogen-bond donors (Lipinski definition) is 2. The molecule has 0 bridgehead atoms. The first kappa shape index (κ1) is 19.3. The number of carbonyl (C=O) groups is 5. The molecule has 9 nitrogen and oxygen atoms in total. The number of likely N-dealkylation sites (tertiary alicyclic amines) is 1. The highest BCUT2D eigenvalue weighted by Gasteiger charge is 2.48. The van der Waals surface area contributed by atoms with Crippen LogP contribution in [0.25, 0.3) is 0 Å². The molecule has 3 rings (SSSR count). The number of esters is 1. The van der Waals surface area contributed by atoms with Gasteiger partial charge < -0.3 is 10.1 Å². The minimum Gasteiger partial charge on any atom is -0.454 e. The van der Waals surface area contributed by atoms with Gasteiger partial charge in [-0.1, -0.05) is 25.7 Å². The van der Waals surface area contributed by atoms with Crippen LogP contribution in [0.1, 0.15) is 51.4 Å². The van der Waals surface area contributed by atoms with Gasteiger partial charge in [0.05, 0.1) is 11.8 Å². The lowest BCUT2D eigenvalue weighted by Gasteiger charge is -2.19. The Kier molecular flexibility index (Phi) is 6.08. The maximum absolute atomic E-state index is 12.3. The van der Waals surface area contributed by atoms with E-state index in [4.69, 9.17) is 4.74 Å². The second kappa shape index (κ2) is 8.49. The normalized spacial score (nSPS) is 25.3. The van der Waals surface area contributed by atoms with E-state index in [9.17, 15) is 24.0 Å². The van der Waals surface area contributed by atoms with Crippen LogP contribution in [-0.4, -0.2) is 53.8 Å². The van der Waals surface area contributed by atoms with Crippen LogP contribution in [0.5, 0.6) is 0 Å². The summed E-state index contributed by atoms with van der Waals surface area (Å²) in [6, 6.07) is -0.548. The van der Waals surface area contributed by atoms with E-state index in [1.807, 2.05) is 0 Å². The van der Waals surface area contributed by atoms with Gasteiger partial charge in [0, 0.05) is 6.04 Å². The average molecular weight is 379 g/mol. The van der Waals surface area contributed by atoms with Crippen LogP contribution in [0.4, 0.5) is 4.79 Å². The second-order valence-electron chi connectivity index (χ2n) is 7.42. The van der Waals surface area contributed by atoms with Crippen molar-refractivity contribution < 1.29 is 28.7 Å². The summed E-state index contributed by atoms with van der Waals surface area (Å²) in [7, 11) is 0. The highest BCUT2D eigenvalue weighted by Crippen LogP contribution is 2.37. The van der Waals surface area contributed by atoms with E-state index in [1.165, 1.54) is 0 Å². The average Bonchev–Trinajstić information content (AvgIpc) is 3.23. The van der Waals surface area contributed by atoms with E-state index in [1.54, 1.807) is 0 Å². The van der Waals surface area contributed by atoms with E-state index in [-0.39, 0.29) is 29.7 Å². The molecule has 1 aliphatic heterocycles. The van der Waals surface area contributed by atoms with Crippen LogP contribution in [0, 0.1) is 11.8 Å². The summed E-state index contributed by atoms with van der Waals surface area (Å²) in [4.78, 5) is 60.8. The molecular formula is C18H25N3O6. The molecule has 5 amide bonds. The Hall–Kier alpha value is -2.45. The molecule has 0 unspecified atom stereocenters. The zero-order chi connectivity index (χ0) is 19.4. The maximum Gasteiger partial charge on any atom is 0.326 e. The van der Waals surface area contributed by atoms with E-state index < -0.39 is 31.1 Å². The van der Waals surface area contributed by atoms with Crippen molar-refractivity contribution >= 4 is 29.7 Å². The summed E-state index contributed by atoms with van der Waals surface area (Å²) in [5.41, 5.74) is 0. The van der Waals surface area contributed by atoms with Crippen LogP contribution in [-0.2, 0) is 23.9 Å². The van der Waals surface area contributed by atoms with Crippen LogP contribution in [0.3, 0.4) is 0 Å². The molecule has 3 aliphatic rings. The number of nitrogens with zero attached hydrogens (tertiary/aromatic N) is 1. The van der Waals surface area contributed by atoms with Crippen molar-refractivity contribution in [2.45, 2.75) is 57.4 Å². The zero-order valence-electron chi connectivity index (χ0n) is 15.2. The molecule has 2 saturated carbocycles. The van der Waals surface area contributed by atoms with Crippen molar-refractivity contribution in [2.24, 2.45) is 11.8 Å². The van der Waals surface area contributed by atoms with E-state index in [0.29, 0.717) is 12.8 Å². The smallest absolute Gasteiger partial charge is 0.326 e. The summed E-state index contributed by atoms with van der Waals surface area (Å²) in [6.07, 6.45) is 7.01. The van der Waals surface area contributed by atoms with Crippen molar-refractivity contribution in [3.63, 3.8) is 0 Å². The first-order chi connectivity index (χ1) is 13.0. The number of imide groups is 2. The summed E-state index contributed by atoms with van der Waals surface area (Å²) < 4.78 is 4.81. The molecule has 2 N–H and O–H groups in total. The van der Waals surface area contributed by atoms with Crippen molar-refractivity contribution in [1.29, 1.82) is 0 Å². The van der Waals surface area contributed by atoms with Gasteiger partial charge in [-0.05, 0) is 25.7 Å². The molecule has 1 heterocycles. The molecule has 2 aliphatic carbocycles. The Labute approximate surface area is 157 Å². The third kappa shape index (κ3) is 4.64. The van der Waals surface area contributed by atoms with Gasteiger partial charge in [-0.3, -0.25) is 29.4 Å². The summed E-state index contributed by atoms with van der Waals surface area (Å²) in [5, 5.41) is 4.79. The van der Waals surface area contributed by atoms with Gasteiger partial charge in [0.15, 0.2) is 6.61 Å². The van der Waals surface area contributed by atoms with Gasteiger partial charge in [-0.2, -0.15) is 0 Å². The van der Waals surface area contributed by atoms with E-state index in [0.717, 1.165) is 43.4 Å². The minimum absolute atomic E-state index is 0.0658. The second-order valence-corrected chi connectivity index (χ2v) is 7.42. The molecule has 0 radical (unpaired) electrons. The zero-order valence-corrected chi connectivity index (χ0v) is 15.2. The molecule has 0 aromatic rings.